The quantitative estimate of drug-likeness (QED) is 0.483. The van der Waals surface area contributed by atoms with E-state index in [0.717, 1.165) is 6.07 Å². The van der Waals surface area contributed by atoms with E-state index in [2.05, 4.69) is 15.5 Å². The number of nitrogens with one attached hydrogen (secondary N) is 1. The largest absolute Gasteiger partial charge is 0.478 e. The van der Waals surface area contributed by atoms with Gasteiger partial charge in [0.25, 0.3) is 0 Å². The summed E-state index contributed by atoms with van der Waals surface area (Å²) in [6.45, 7) is 1.32. The molecule has 0 aliphatic carbocycles. The van der Waals surface area contributed by atoms with Gasteiger partial charge in [0.2, 0.25) is 5.91 Å². The van der Waals surface area contributed by atoms with Crippen LogP contribution in [0.15, 0.2) is 46.6 Å². The van der Waals surface area contributed by atoms with Crippen molar-refractivity contribution in [1.82, 2.24) is 0 Å². The number of carbonyl (C=O) groups excluding carboxylic acids is 1. The monoisotopic (exact) mass is 342 g/mol. The van der Waals surface area contributed by atoms with E-state index in [9.17, 15) is 14.4 Å². The summed E-state index contributed by atoms with van der Waals surface area (Å²) in [5, 5.41) is 28.5. The molecule has 0 atom stereocenters. The van der Waals surface area contributed by atoms with Crippen LogP contribution in [0.2, 0.25) is 0 Å². The lowest BCUT2D eigenvalue weighted by atomic mass is 10.1. The van der Waals surface area contributed by atoms with Crippen LogP contribution in [0.3, 0.4) is 0 Å². The highest BCUT2D eigenvalue weighted by Crippen LogP contribution is 2.29. The van der Waals surface area contributed by atoms with E-state index in [-0.39, 0.29) is 28.4 Å². The third-order valence-corrected chi connectivity index (χ3v) is 3.02. The molecule has 2 aromatic carbocycles. The maximum Gasteiger partial charge on any atom is 0.335 e. The molecule has 0 aliphatic heterocycles. The molecule has 2 aromatic rings. The number of carboxylic acid groups (broad SMARTS) is 2. The molecule has 0 aromatic heterocycles. The minimum absolute atomic E-state index is 0.0444. The molecule has 9 heteroatoms. The molecule has 5 N–H and O–H groups in total. The fourth-order valence-electron chi connectivity index (χ4n) is 1.96. The average molecular weight is 342 g/mol. The van der Waals surface area contributed by atoms with Crippen molar-refractivity contribution in [2.45, 2.75) is 6.92 Å². The predicted octanol–water partition coefficient (Wildman–Crippen LogP) is 3.04. The topological polar surface area (TPSA) is 154 Å². The Morgan fingerprint density at radius 2 is 1.56 bits per heavy atom. The van der Waals surface area contributed by atoms with Gasteiger partial charge in [0.05, 0.1) is 22.5 Å². The Hall–Kier alpha value is -3.75. The number of carboxylic acids is 2. The highest BCUT2D eigenvalue weighted by atomic mass is 16.4. The fraction of sp³-hybridized carbons (Fsp3) is 0.0625. The minimum Gasteiger partial charge on any atom is -0.478 e. The maximum atomic E-state index is 11.2. The molecule has 1 amide bonds. The Morgan fingerprint density at radius 3 is 2.08 bits per heavy atom. The lowest BCUT2D eigenvalue weighted by molar-refractivity contribution is -0.114. The number of benzene rings is 2. The number of hydrogen-bond donors (Lipinski definition) is 4. The van der Waals surface area contributed by atoms with Gasteiger partial charge in [0.15, 0.2) is 0 Å². The number of anilines is 2. The molecule has 128 valence electrons. The molecule has 0 heterocycles. The molecule has 0 bridgehead atoms. The Bertz CT molecular complexity index is 860. The van der Waals surface area contributed by atoms with E-state index >= 15 is 0 Å². The van der Waals surface area contributed by atoms with Gasteiger partial charge in [-0.15, -0.1) is 5.11 Å². The normalized spacial score (nSPS) is 10.6. The molecule has 25 heavy (non-hydrogen) atoms. The van der Waals surface area contributed by atoms with Crippen LogP contribution in [-0.2, 0) is 4.79 Å². The minimum atomic E-state index is -1.29. The van der Waals surface area contributed by atoms with Crippen molar-refractivity contribution in [2.75, 3.05) is 11.1 Å². The van der Waals surface area contributed by atoms with E-state index in [1.807, 2.05) is 0 Å². The molecule has 0 radical (unpaired) electrons. The molecule has 0 saturated heterocycles. The highest BCUT2D eigenvalue weighted by Gasteiger charge is 2.11. The fourth-order valence-corrected chi connectivity index (χ4v) is 1.96. The Labute approximate surface area is 141 Å². The van der Waals surface area contributed by atoms with Crippen molar-refractivity contribution in [2.24, 2.45) is 10.2 Å². The van der Waals surface area contributed by atoms with Crippen LogP contribution in [0.1, 0.15) is 27.6 Å². The molecular formula is C16H14N4O5. The molecular weight excluding hydrogens is 328 g/mol. The van der Waals surface area contributed by atoms with Gasteiger partial charge in [-0.2, -0.15) is 5.11 Å². The van der Waals surface area contributed by atoms with Gasteiger partial charge in [-0.3, -0.25) is 4.79 Å². The lowest BCUT2D eigenvalue weighted by Crippen LogP contribution is -2.06. The third kappa shape index (κ3) is 4.61. The number of nitrogens with two attached hydrogens (primary N) is 1. The zero-order chi connectivity index (χ0) is 18.6. The van der Waals surface area contributed by atoms with Crippen LogP contribution in [0.4, 0.5) is 22.7 Å². The number of amides is 1. The van der Waals surface area contributed by atoms with Crippen molar-refractivity contribution in [3.63, 3.8) is 0 Å². The third-order valence-electron chi connectivity index (χ3n) is 3.02. The Balaban J connectivity index is 2.44. The van der Waals surface area contributed by atoms with E-state index in [4.69, 9.17) is 15.9 Å². The SMILES string of the molecule is CC(=O)Nc1cc(N)ccc1N=Nc1cc(C(=O)O)cc(C(=O)O)c1. The summed E-state index contributed by atoms with van der Waals surface area (Å²) < 4.78 is 0. The van der Waals surface area contributed by atoms with Crippen LogP contribution < -0.4 is 11.1 Å². The zero-order valence-corrected chi connectivity index (χ0v) is 13.1. The van der Waals surface area contributed by atoms with Crippen LogP contribution >= 0.6 is 0 Å². The van der Waals surface area contributed by atoms with Gasteiger partial charge in [-0.05, 0) is 36.4 Å². The second-order valence-corrected chi connectivity index (χ2v) is 5.04. The summed E-state index contributed by atoms with van der Waals surface area (Å²) in [5.74, 6) is -2.90. The summed E-state index contributed by atoms with van der Waals surface area (Å²) in [7, 11) is 0. The number of aromatic carboxylic acids is 2. The lowest BCUT2D eigenvalue weighted by Gasteiger charge is -2.06. The highest BCUT2D eigenvalue weighted by molar-refractivity contribution is 5.95. The summed E-state index contributed by atoms with van der Waals surface area (Å²) in [6, 6.07) is 7.96. The second-order valence-electron chi connectivity index (χ2n) is 5.04. The number of azo groups is 1. The van der Waals surface area contributed by atoms with E-state index in [1.165, 1.54) is 31.2 Å². The first kappa shape index (κ1) is 17.6. The van der Waals surface area contributed by atoms with Gasteiger partial charge < -0.3 is 21.3 Å². The number of nitrogens with zero attached hydrogens (tertiary/aromatic N) is 2. The molecule has 9 nitrogen and oxygen atoms in total. The van der Waals surface area contributed by atoms with Gasteiger partial charge in [-0.1, -0.05) is 0 Å². The van der Waals surface area contributed by atoms with Gasteiger partial charge >= 0.3 is 11.9 Å². The van der Waals surface area contributed by atoms with Crippen molar-refractivity contribution in [3.8, 4) is 0 Å². The molecule has 0 fully saturated rings. The van der Waals surface area contributed by atoms with Gasteiger partial charge in [-0.25, -0.2) is 9.59 Å². The van der Waals surface area contributed by atoms with Crippen molar-refractivity contribution < 1.29 is 24.6 Å². The number of carbonyl (C=O) groups is 3. The number of nitrogen functional groups attached to an aromatic ring is 1. The second kappa shape index (κ2) is 7.21. The van der Waals surface area contributed by atoms with Crippen molar-refractivity contribution in [1.29, 1.82) is 0 Å². The molecule has 0 spiro atoms. The summed E-state index contributed by atoms with van der Waals surface area (Å²) >= 11 is 0. The van der Waals surface area contributed by atoms with Crippen LogP contribution in [0.5, 0.6) is 0 Å². The first-order valence-corrected chi connectivity index (χ1v) is 6.97. The molecule has 0 unspecified atom stereocenters. The van der Waals surface area contributed by atoms with Crippen molar-refractivity contribution >= 4 is 40.6 Å². The first-order valence-electron chi connectivity index (χ1n) is 6.97. The van der Waals surface area contributed by atoms with Crippen LogP contribution in [0.25, 0.3) is 0 Å². The predicted molar refractivity (Wildman–Crippen MR) is 89.7 cm³/mol. The van der Waals surface area contributed by atoms with E-state index in [1.54, 1.807) is 6.07 Å². The Morgan fingerprint density at radius 1 is 0.960 bits per heavy atom. The molecule has 2 rings (SSSR count). The summed E-state index contributed by atoms with van der Waals surface area (Å²) in [4.78, 5) is 33.4. The molecule has 0 saturated carbocycles. The smallest absolute Gasteiger partial charge is 0.335 e. The number of rotatable bonds is 5. The van der Waals surface area contributed by atoms with Gasteiger partial charge in [0.1, 0.15) is 5.69 Å². The summed E-state index contributed by atoms with van der Waals surface area (Å²) in [6.07, 6.45) is 0. The molecule has 0 aliphatic rings. The van der Waals surface area contributed by atoms with Gasteiger partial charge in [0, 0.05) is 12.6 Å². The van der Waals surface area contributed by atoms with E-state index < -0.39 is 11.9 Å². The summed E-state index contributed by atoms with van der Waals surface area (Å²) in [5.41, 5.74) is 6.26. The number of hydrogen-bond acceptors (Lipinski definition) is 6. The standard InChI is InChI=1S/C16H14N4O5/c1-8(21)18-14-7-11(17)2-3-13(14)20-19-12-5-9(15(22)23)4-10(6-12)16(24)25/h2-7H,17H2,1H3,(H,18,21)(H,22,23)(H,24,25). The Kier molecular flexibility index (Phi) is 5.08. The van der Waals surface area contributed by atoms with Crippen LogP contribution in [0, 0.1) is 0 Å². The first-order chi connectivity index (χ1) is 11.8. The van der Waals surface area contributed by atoms with Crippen LogP contribution in [-0.4, -0.2) is 28.1 Å². The average Bonchev–Trinajstić information content (AvgIpc) is 2.53. The maximum absolute atomic E-state index is 11.2. The van der Waals surface area contributed by atoms with Crippen molar-refractivity contribution in [3.05, 3.63) is 47.5 Å². The van der Waals surface area contributed by atoms with E-state index in [0.29, 0.717) is 11.4 Å². The zero-order valence-electron chi connectivity index (χ0n) is 13.1.